The first-order valence-electron chi connectivity index (χ1n) is 4.78. The monoisotopic (exact) mass is 227 g/mol. The average Bonchev–Trinajstić information content (AvgIpc) is 3.01. The predicted molar refractivity (Wildman–Crippen MR) is 57.1 cm³/mol. The number of rotatable bonds is 4. The lowest BCUT2D eigenvalue weighted by Gasteiger charge is -2.08. The maximum atomic E-state index is 11.8. The number of pyridine rings is 1. The summed E-state index contributed by atoms with van der Waals surface area (Å²) in [7, 11) is -1.79. The van der Waals surface area contributed by atoms with Crippen LogP contribution in [0.2, 0.25) is 0 Å². The van der Waals surface area contributed by atoms with Crippen LogP contribution in [0.3, 0.4) is 0 Å². The molecule has 0 amide bonds. The summed E-state index contributed by atoms with van der Waals surface area (Å²) in [6.07, 6.45) is 3.31. The molecule has 1 heterocycles. The van der Waals surface area contributed by atoms with Crippen molar-refractivity contribution < 1.29 is 8.42 Å². The fourth-order valence-electron chi connectivity index (χ4n) is 1.27. The van der Waals surface area contributed by atoms with Gasteiger partial charge in [0.2, 0.25) is 0 Å². The van der Waals surface area contributed by atoms with Crippen molar-refractivity contribution in [1.82, 2.24) is 9.71 Å². The van der Waals surface area contributed by atoms with E-state index in [9.17, 15) is 8.42 Å². The van der Waals surface area contributed by atoms with Gasteiger partial charge in [0.15, 0.2) is 5.03 Å². The van der Waals surface area contributed by atoms with Gasteiger partial charge >= 0.3 is 0 Å². The number of aromatic nitrogens is 1. The zero-order valence-corrected chi connectivity index (χ0v) is 9.21. The molecule has 6 heteroatoms. The van der Waals surface area contributed by atoms with Gasteiger partial charge in [-0.2, -0.15) is 0 Å². The second kappa shape index (κ2) is 3.79. The van der Waals surface area contributed by atoms with Crippen molar-refractivity contribution in [2.45, 2.75) is 23.9 Å². The minimum Gasteiger partial charge on any atom is -0.386 e. The van der Waals surface area contributed by atoms with Gasteiger partial charge in [0.05, 0.1) is 5.69 Å². The van der Waals surface area contributed by atoms with Gasteiger partial charge in [0, 0.05) is 19.3 Å². The van der Waals surface area contributed by atoms with Gasteiger partial charge in [0.1, 0.15) is 0 Å². The Morgan fingerprint density at radius 3 is 2.80 bits per heavy atom. The van der Waals surface area contributed by atoms with Crippen LogP contribution in [0, 0.1) is 0 Å². The van der Waals surface area contributed by atoms with Crippen LogP contribution in [-0.4, -0.2) is 26.5 Å². The summed E-state index contributed by atoms with van der Waals surface area (Å²) < 4.78 is 26.3. The Hall–Kier alpha value is -1.14. The molecular weight excluding hydrogens is 214 g/mol. The summed E-state index contributed by atoms with van der Waals surface area (Å²) in [5.41, 5.74) is 0.519. The standard InChI is InChI=1S/C9H13N3O2S/c1-10-8-3-2-6-11-9(8)15(13,14)12-7-4-5-7/h2-3,6-7,10,12H,4-5H2,1H3. The van der Waals surface area contributed by atoms with Crippen LogP contribution in [0.1, 0.15) is 12.8 Å². The lowest BCUT2D eigenvalue weighted by Crippen LogP contribution is -2.27. The molecule has 0 aliphatic heterocycles. The molecule has 2 rings (SSSR count). The second-order valence-electron chi connectivity index (χ2n) is 3.50. The fraction of sp³-hybridized carbons (Fsp3) is 0.444. The molecule has 15 heavy (non-hydrogen) atoms. The van der Waals surface area contributed by atoms with Crippen LogP contribution in [0.15, 0.2) is 23.4 Å². The third kappa shape index (κ3) is 2.27. The van der Waals surface area contributed by atoms with E-state index in [4.69, 9.17) is 0 Å². The first kappa shape index (κ1) is 10.4. The molecule has 0 spiro atoms. The maximum Gasteiger partial charge on any atom is 0.260 e. The Balaban J connectivity index is 2.34. The summed E-state index contributed by atoms with van der Waals surface area (Å²) >= 11 is 0. The zero-order valence-electron chi connectivity index (χ0n) is 8.40. The van der Waals surface area contributed by atoms with Gasteiger partial charge in [-0.05, 0) is 25.0 Å². The number of anilines is 1. The topological polar surface area (TPSA) is 71.1 Å². The van der Waals surface area contributed by atoms with E-state index in [1.54, 1.807) is 19.2 Å². The van der Waals surface area contributed by atoms with E-state index >= 15 is 0 Å². The van der Waals surface area contributed by atoms with E-state index in [0.717, 1.165) is 12.8 Å². The van der Waals surface area contributed by atoms with E-state index in [2.05, 4.69) is 15.0 Å². The number of hydrogen-bond acceptors (Lipinski definition) is 4. The van der Waals surface area contributed by atoms with Crippen LogP contribution < -0.4 is 10.0 Å². The minimum absolute atomic E-state index is 0.0689. The molecule has 82 valence electrons. The molecule has 0 saturated heterocycles. The van der Waals surface area contributed by atoms with Crippen LogP contribution in [0.25, 0.3) is 0 Å². The van der Waals surface area contributed by atoms with E-state index in [1.807, 2.05) is 0 Å². The van der Waals surface area contributed by atoms with Crippen molar-refractivity contribution in [1.29, 1.82) is 0 Å². The smallest absolute Gasteiger partial charge is 0.260 e. The second-order valence-corrected chi connectivity index (χ2v) is 5.13. The highest BCUT2D eigenvalue weighted by Gasteiger charge is 2.29. The molecule has 1 aromatic rings. The van der Waals surface area contributed by atoms with Gasteiger partial charge in [-0.15, -0.1) is 0 Å². The third-order valence-electron chi connectivity index (χ3n) is 2.19. The molecule has 1 saturated carbocycles. The van der Waals surface area contributed by atoms with E-state index in [0.29, 0.717) is 5.69 Å². The lowest BCUT2D eigenvalue weighted by molar-refractivity contribution is 0.577. The summed E-state index contributed by atoms with van der Waals surface area (Å²) in [6, 6.07) is 3.48. The first-order valence-corrected chi connectivity index (χ1v) is 6.27. The molecule has 0 bridgehead atoms. The SMILES string of the molecule is CNc1cccnc1S(=O)(=O)NC1CC1. The lowest BCUT2D eigenvalue weighted by atomic mass is 10.4. The van der Waals surface area contributed by atoms with Crippen molar-refractivity contribution in [2.75, 3.05) is 12.4 Å². The van der Waals surface area contributed by atoms with E-state index in [1.165, 1.54) is 6.20 Å². The number of sulfonamides is 1. The molecule has 5 nitrogen and oxygen atoms in total. The normalized spacial score (nSPS) is 16.3. The summed E-state index contributed by atoms with van der Waals surface area (Å²) in [5.74, 6) is 0. The molecule has 0 unspecified atom stereocenters. The third-order valence-corrected chi connectivity index (χ3v) is 3.67. The van der Waals surface area contributed by atoms with Crippen molar-refractivity contribution >= 4 is 15.7 Å². The largest absolute Gasteiger partial charge is 0.386 e. The Kier molecular flexibility index (Phi) is 2.62. The summed E-state index contributed by atoms with van der Waals surface area (Å²) in [5, 5.41) is 2.88. The molecule has 0 aromatic carbocycles. The molecule has 1 aliphatic carbocycles. The number of nitrogens with zero attached hydrogens (tertiary/aromatic N) is 1. The Bertz CT molecular complexity index is 454. The summed E-state index contributed by atoms with van der Waals surface area (Å²) in [6.45, 7) is 0. The molecule has 1 aromatic heterocycles. The molecule has 0 atom stereocenters. The molecule has 2 N–H and O–H groups in total. The van der Waals surface area contributed by atoms with Gasteiger partial charge in [-0.3, -0.25) is 0 Å². The van der Waals surface area contributed by atoms with E-state index in [-0.39, 0.29) is 11.1 Å². The fourth-order valence-corrected chi connectivity index (χ4v) is 2.72. The highest BCUT2D eigenvalue weighted by atomic mass is 32.2. The van der Waals surface area contributed by atoms with Crippen molar-refractivity contribution in [3.8, 4) is 0 Å². The van der Waals surface area contributed by atoms with Crippen molar-refractivity contribution in [3.05, 3.63) is 18.3 Å². The van der Waals surface area contributed by atoms with Crippen LogP contribution in [-0.2, 0) is 10.0 Å². The number of nitrogens with one attached hydrogen (secondary N) is 2. The van der Waals surface area contributed by atoms with Gasteiger partial charge in [-0.1, -0.05) is 0 Å². The van der Waals surface area contributed by atoms with Crippen LogP contribution >= 0.6 is 0 Å². The minimum atomic E-state index is -3.46. The Morgan fingerprint density at radius 2 is 2.20 bits per heavy atom. The van der Waals surface area contributed by atoms with Gasteiger partial charge in [0.25, 0.3) is 10.0 Å². The van der Waals surface area contributed by atoms with Gasteiger partial charge in [-0.25, -0.2) is 18.1 Å². The Morgan fingerprint density at radius 1 is 1.47 bits per heavy atom. The molecule has 1 aliphatic rings. The quantitative estimate of drug-likeness (QED) is 0.788. The van der Waals surface area contributed by atoms with Crippen LogP contribution in [0.4, 0.5) is 5.69 Å². The highest BCUT2D eigenvalue weighted by molar-refractivity contribution is 7.89. The number of hydrogen-bond donors (Lipinski definition) is 2. The summed E-state index contributed by atoms with van der Waals surface area (Å²) in [4.78, 5) is 3.89. The predicted octanol–water partition coefficient (Wildman–Crippen LogP) is 0.564. The first-order chi connectivity index (χ1) is 7.13. The van der Waals surface area contributed by atoms with Crippen molar-refractivity contribution in [3.63, 3.8) is 0 Å². The van der Waals surface area contributed by atoms with Crippen molar-refractivity contribution in [2.24, 2.45) is 0 Å². The average molecular weight is 227 g/mol. The molecular formula is C9H13N3O2S. The molecule has 1 fully saturated rings. The van der Waals surface area contributed by atoms with E-state index < -0.39 is 10.0 Å². The zero-order chi connectivity index (χ0) is 10.9. The van der Waals surface area contributed by atoms with Crippen LogP contribution in [0.5, 0.6) is 0 Å². The maximum absolute atomic E-state index is 11.8. The molecule has 0 radical (unpaired) electrons. The highest BCUT2D eigenvalue weighted by Crippen LogP contribution is 2.24. The van der Waals surface area contributed by atoms with Gasteiger partial charge < -0.3 is 5.32 Å². The Labute approximate surface area is 89.0 Å².